The molecule has 1 aromatic rings. The highest BCUT2D eigenvalue weighted by atomic mass is 16.5. The minimum absolute atomic E-state index is 0.297. The van der Waals surface area contributed by atoms with Gasteiger partial charge in [-0.05, 0) is 20.8 Å². The Bertz CT molecular complexity index is 395. The maximum atomic E-state index is 11.4. The van der Waals surface area contributed by atoms with Gasteiger partial charge in [-0.15, -0.1) is 0 Å². The van der Waals surface area contributed by atoms with Gasteiger partial charge in [-0.1, -0.05) is 0 Å². The highest BCUT2D eigenvalue weighted by molar-refractivity contribution is 5.78. The molecule has 0 radical (unpaired) electrons. The van der Waals surface area contributed by atoms with Crippen LogP contribution in [0.15, 0.2) is 6.07 Å². The van der Waals surface area contributed by atoms with Gasteiger partial charge in [0, 0.05) is 13.1 Å². The normalized spacial score (nSPS) is 11.8. The van der Waals surface area contributed by atoms with Crippen LogP contribution in [0.1, 0.15) is 19.7 Å². The monoisotopic (exact) mass is 238 g/mol. The lowest BCUT2D eigenvalue weighted by molar-refractivity contribution is -0.143. The van der Waals surface area contributed by atoms with Crippen LogP contribution >= 0.6 is 0 Å². The Kier molecular flexibility index (Phi) is 4.68. The molecule has 1 atom stereocenters. The number of hydrogen-bond acceptors (Lipinski definition) is 6. The third-order valence-electron chi connectivity index (χ3n) is 2.10. The molecule has 6 heteroatoms. The number of rotatable bonds is 5. The summed E-state index contributed by atoms with van der Waals surface area (Å²) in [5.74, 6) is 1.64. The van der Waals surface area contributed by atoms with E-state index in [9.17, 15) is 4.79 Å². The highest BCUT2D eigenvalue weighted by Crippen LogP contribution is 2.11. The summed E-state index contributed by atoms with van der Waals surface area (Å²) in [6.45, 7) is 5.67. The van der Waals surface area contributed by atoms with E-state index in [1.807, 2.05) is 0 Å². The molecule has 0 amide bonds. The van der Waals surface area contributed by atoms with Crippen molar-refractivity contribution in [3.8, 4) is 0 Å². The van der Waals surface area contributed by atoms with Crippen LogP contribution in [-0.4, -0.2) is 35.6 Å². The van der Waals surface area contributed by atoms with Gasteiger partial charge in [0.2, 0.25) is 0 Å². The molecule has 0 fully saturated rings. The molecule has 0 bridgehead atoms. The van der Waals surface area contributed by atoms with Crippen LogP contribution in [0.5, 0.6) is 0 Å². The second-order valence-electron chi connectivity index (χ2n) is 3.55. The SMILES string of the molecule is CCOC(=O)C(C)Nc1cc(NC)nc(C)n1. The van der Waals surface area contributed by atoms with E-state index in [4.69, 9.17) is 4.74 Å². The number of nitrogens with zero attached hydrogens (tertiary/aromatic N) is 2. The zero-order valence-electron chi connectivity index (χ0n) is 10.6. The minimum atomic E-state index is -0.436. The largest absolute Gasteiger partial charge is 0.464 e. The second kappa shape index (κ2) is 6.03. The Labute approximate surface area is 101 Å². The standard InChI is InChI=1S/C11H18N4O2/c1-5-17-11(16)7(2)13-10-6-9(12-4)14-8(3)15-10/h6-7H,5H2,1-4H3,(H2,12,13,14,15). The summed E-state index contributed by atoms with van der Waals surface area (Å²) >= 11 is 0. The predicted molar refractivity (Wildman–Crippen MR) is 66.0 cm³/mol. The molecule has 2 N–H and O–H groups in total. The lowest BCUT2D eigenvalue weighted by atomic mass is 10.3. The highest BCUT2D eigenvalue weighted by Gasteiger charge is 2.14. The summed E-state index contributed by atoms with van der Waals surface area (Å²) in [4.78, 5) is 19.8. The van der Waals surface area contributed by atoms with Crippen molar-refractivity contribution in [2.75, 3.05) is 24.3 Å². The smallest absolute Gasteiger partial charge is 0.328 e. The van der Waals surface area contributed by atoms with E-state index < -0.39 is 6.04 Å². The second-order valence-corrected chi connectivity index (χ2v) is 3.55. The number of nitrogens with one attached hydrogen (secondary N) is 2. The third-order valence-corrected chi connectivity index (χ3v) is 2.10. The van der Waals surface area contributed by atoms with Gasteiger partial charge >= 0.3 is 5.97 Å². The molecule has 0 aliphatic carbocycles. The zero-order chi connectivity index (χ0) is 12.8. The van der Waals surface area contributed by atoms with Crippen molar-refractivity contribution in [1.82, 2.24) is 9.97 Å². The van der Waals surface area contributed by atoms with E-state index in [2.05, 4.69) is 20.6 Å². The third kappa shape index (κ3) is 3.90. The van der Waals surface area contributed by atoms with E-state index in [-0.39, 0.29) is 5.97 Å². The number of anilines is 2. The van der Waals surface area contributed by atoms with Gasteiger partial charge in [-0.25, -0.2) is 14.8 Å². The molecule has 94 valence electrons. The summed E-state index contributed by atoms with van der Waals surface area (Å²) in [6.07, 6.45) is 0. The minimum Gasteiger partial charge on any atom is -0.464 e. The van der Waals surface area contributed by atoms with Gasteiger partial charge in [0.15, 0.2) is 0 Å². The van der Waals surface area contributed by atoms with Gasteiger partial charge < -0.3 is 15.4 Å². The number of ether oxygens (including phenoxy) is 1. The van der Waals surface area contributed by atoms with Crippen LogP contribution in [0, 0.1) is 6.92 Å². The van der Waals surface area contributed by atoms with Crippen molar-refractivity contribution in [3.63, 3.8) is 0 Å². The summed E-state index contributed by atoms with van der Waals surface area (Å²) in [7, 11) is 1.78. The van der Waals surface area contributed by atoms with Crippen LogP contribution in [0.4, 0.5) is 11.6 Å². The number of esters is 1. The number of aryl methyl sites for hydroxylation is 1. The quantitative estimate of drug-likeness (QED) is 0.750. The van der Waals surface area contributed by atoms with E-state index in [0.29, 0.717) is 24.1 Å². The molecule has 0 aliphatic rings. The number of carbonyl (C=O) groups is 1. The maximum Gasteiger partial charge on any atom is 0.328 e. The molecule has 1 unspecified atom stereocenters. The average molecular weight is 238 g/mol. The van der Waals surface area contributed by atoms with E-state index in [0.717, 1.165) is 0 Å². The topological polar surface area (TPSA) is 76.1 Å². The first-order valence-corrected chi connectivity index (χ1v) is 5.53. The van der Waals surface area contributed by atoms with Crippen LogP contribution in [0.25, 0.3) is 0 Å². The van der Waals surface area contributed by atoms with Crippen LogP contribution in [0.2, 0.25) is 0 Å². The van der Waals surface area contributed by atoms with Gasteiger partial charge in [0.1, 0.15) is 23.5 Å². The van der Waals surface area contributed by atoms with E-state index in [1.165, 1.54) is 0 Å². The Morgan fingerprint density at radius 2 is 2.12 bits per heavy atom. The lowest BCUT2D eigenvalue weighted by Gasteiger charge is -2.14. The summed E-state index contributed by atoms with van der Waals surface area (Å²) in [6, 6.07) is 1.30. The maximum absolute atomic E-state index is 11.4. The molecule has 1 aromatic heterocycles. The number of hydrogen-bond donors (Lipinski definition) is 2. The van der Waals surface area contributed by atoms with Crippen LogP contribution in [0.3, 0.4) is 0 Å². The first-order chi connectivity index (χ1) is 8.06. The Morgan fingerprint density at radius 3 is 2.71 bits per heavy atom. The van der Waals surface area contributed by atoms with Crippen molar-refractivity contribution >= 4 is 17.6 Å². The lowest BCUT2D eigenvalue weighted by Crippen LogP contribution is -2.28. The van der Waals surface area contributed by atoms with Crippen molar-refractivity contribution in [2.24, 2.45) is 0 Å². The predicted octanol–water partition coefficient (Wildman–Crippen LogP) is 1.19. The molecule has 0 saturated carbocycles. The molecule has 0 aromatic carbocycles. The number of carbonyl (C=O) groups excluding carboxylic acids is 1. The van der Waals surface area contributed by atoms with Gasteiger partial charge in [0.25, 0.3) is 0 Å². The summed E-state index contributed by atoms with van der Waals surface area (Å²) in [5, 5.41) is 5.90. The van der Waals surface area contributed by atoms with Crippen LogP contribution in [-0.2, 0) is 9.53 Å². The summed E-state index contributed by atoms with van der Waals surface area (Å²) < 4.78 is 4.90. The van der Waals surface area contributed by atoms with Gasteiger partial charge in [0.05, 0.1) is 6.61 Å². The Hall–Kier alpha value is -1.85. The molecule has 6 nitrogen and oxygen atoms in total. The van der Waals surface area contributed by atoms with Crippen molar-refractivity contribution < 1.29 is 9.53 Å². The summed E-state index contributed by atoms with van der Waals surface area (Å²) in [5.41, 5.74) is 0. The molecule has 1 heterocycles. The fourth-order valence-electron chi connectivity index (χ4n) is 1.32. The number of aromatic nitrogens is 2. The molecular formula is C11H18N4O2. The zero-order valence-corrected chi connectivity index (χ0v) is 10.6. The van der Waals surface area contributed by atoms with Crippen molar-refractivity contribution in [3.05, 3.63) is 11.9 Å². The molecule has 17 heavy (non-hydrogen) atoms. The fraction of sp³-hybridized carbons (Fsp3) is 0.545. The molecule has 0 aliphatic heterocycles. The Balaban J connectivity index is 2.73. The van der Waals surface area contributed by atoms with Crippen molar-refractivity contribution in [2.45, 2.75) is 26.8 Å². The molecular weight excluding hydrogens is 220 g/mol. The van der Waals surface area contributed by atoms with Gasteiger partial charge in [-0.3, -0.25) is 0 Å². The van der Waals surface area contributed by atoms with Crippen molar-refractivity contribution in [1.29, 1.82) is 0 Å². The van der Waals surface area contributed by atoms with E-state index in [1.54, 1.807) is 33.9 Å². The first kappa shape index (κ1) is 13.2. The average Bonchev–Trinajstić information content (AvgIpc) is 2.28. The van der Waals surface area contributed by atoms with Gasteiger partial charge in [-0.2, -0.15) is 0 Å². The first-order valence-electron chi connectivity index (χ1n) is 5.53. The van der Waals surface area contributed by atoms with E-state index >= 15 is 0 Å². The fourth-order valence-corrected chi connectivity index (χ4v) is 1.32. The van der Waals surface area contributed by atoms with Crippen LogP contribution < -0.4 is 10.6 Å². The Morgan fingerprint density at radius 1 is 1.47 bits per heavy atom. The molecule has 0 saturated heterocycles. The molecule has 1 rings (SSSR count). The molecule has 0 spiro atoms.